The molecule has 0 bridgehead atoms. The first-order chi connectivity index (χ1) is 10.3. The molecule has 3 rings (SSSR count). The van der Waals surface area contributed by atoms with Crippen LogP contribution < -0.4 is 5.56 Å². The summed E-state index contributed by atoms with van der Waals surface area (Å²) in [6.45, 7) is 0.681. The molecule has 6 nitrogen and oxygen atoms in total. The molecule has 1 unspecified atom stereocenters. The Labute approximate surface area is 121 Å². The second-order valence-corrected chi connectivity index (χ2v) is 5.06. The van der Waals surface area contributed by atoms with E-state index in [0.29, 0.717) is 6.54 Å². The summed E-state index contributed by atoms with van der Waals surface area (Å²) in [6.07, 6.45) is 7.18. The van der Waals surface area contributed by atoms with Gasteiger partial charge in [0.1, 0.15) is 5.69 Å². The number of amides is 1. The standard InChI is InChI=1S/C15H16N4O2/c20-14-10-17-12(9-18-14)15(21)19-8-4-2-6-13(19)11-5-1-3-7-16-11/h1,3,5,7,9-10,13H,2,4,6,8H2,(H,18,20). The van der Waals surface area contributed by atoms with Gasteiger partial charge in [0.25, 0.3) is 11.5 Å². The van der Waals surface area contributed by atoms with E-state index in [-0.39, 0.29) is 23.2 Å². The number of nitrogens with one attached hydrogen (secondary N) is 1. The number of likely N-dealkylation sites (tertiary alicyclic amines) is 1. The average molecular weight is 284 g/mol. The van der Waals surface area contributed by atoms with Gasteiger partial charge < -0.3 is 9.88 Å². The van der Waals surface area contributed by atoms with Crippen molar-refractivity contribution in [1.29, 1.82) is 0 Å². The number of piperidine rings is 1. The quantitative estimate of drug-likeness (QED) is 0.907. The molecular weight excluding hydrogens is 268 g/mol. The summed E-state index contributed by atoms with van der Waals surface area (Å²) in [5.41, 5.74) is 0.846. The fourth-order valence-corrected chi connectivity index (χ4v) is 2.66. The lowest BCUT2D eigenvalue weighted by molar-refractivity contribution is 0.0599. The molecule has 1 saturated heterocycles. The molecule has 0 spiro atoms. The van der Waals surface area contributed by atoms with Crippen molar-refractivity contribution in [2.24, 2.45) is 0 Å². The van der Waals surface area contributed by atoms with Crippen LogP contribution in [0.5, 0.6) is 0 Å². The van der Waals surface area contributed by atoms with Crippen molar-refractivity contribution in [2.75, 3.05) is 6.54 Å². The minimum atomic E-state index is -0.313. The first-order valence-corrected chi connectivity index (χ1v) is 7.02. The molecule has 1 fully saturated rings. The van der Waals surface area contributed by atoms with E-state index in [1.165, 1.54) is 6.20 Å². The summed E-state index contributed by atoms with van der Waals surface area (Å²) < 4.78 is 0. The minimum Gasteiger partial charge on any atom is -0.329 e. The molecule has 1 amide bonds. The molecular formula is C15H16N4O2. The zero-order valence-corrected chi connectivity index (χ0v) is 11.5. The van der Waals surface area contributed by atoms with Crippen LogP contribution in [0.25, 0.3) is 0 Å². The third kappa shape index (κ3) is 2.84. The number of H-pyrrole nitrogens is 1. The maximum Gasteiger partial charge on any atom is 0.274 e. The maximum atomic E-state index is 12.6. The predicted octanol–water partition coefficient (Wildman–Crippen LogP) is 1.53. The Morgan fingerprint density at radius 1 is 1.29 bits per heavy atom. The summed E-state index contributed by atoms with van der Waals surface area (Å²) in [5.74, 6) is -0.165. The molecule has 21 heavy (non-hydrogen) atoms. The van der Waals surface area contributed by atoms with E-state index in [9.17, 15) is 9.59 Å². The Morgan fingerprint density at radius 3 is 2.90 bits per heavy atom. The summed E-state index contributed by atoms with van der Waals surface area (Å²) in [6, 6.07) is 5.71. The van der Waals surface area contributed by atoms with Gasteiger partial charge in [-0.1, -0.05) is 6.07 Å². The molecule has 1 N–H and O–H groups in total. The molecule has 2 aromatic rings. The number of nitrogens with zero attached hydrogens (tertiary/aromatic N) is 3. The second-order valence-electron chi connectivity index (χ2n) is 5.06. The Bertz CT molecular complexity index is 663. The van der Waals surface area contributed by atoms with Crippen molar-refractivity contribution in [2.45, 2.75) is 25.3 Å². The van der Waals surface area contributed by atoms with Crippen LogP contribution in [0.4, 0.5) is 0 Å². The van der Waals surface area contributed by atoms with E-state index < -0.39 is 0 Å². The highest BCUT2D eigenvalue weighted by molar-refractivity contribution is 5.92. The molecule has 0 saturated carbocycles. The number of aromatic nitrogens is 3. The summed E-state index contributed by atoms with van der Waals surface area (Å²) in [4.78, 5) is 36.3. The van der Waals surface area contributed by atoms with Gasteiger partial charge in [-0.05, 0) is 31.4 Å². The van der Waals surface area contributed by atoms with Crippen LogP contribution in [0.15, 0.2) is 41.6 Å². The van der Waals surface area contributed by atoms with Gasteiger partial charge >= 0.3 is 0 Å². The Morgan fingerprint density at radius 2 is 2.19 bits per heavy atom. The summed E-state index contributed by atoms with van der Waals surface area (Å²) in [5, 5.41) is 0. The molecule has 1 aliphatic rings. The zero-order valence-electron chi connectivity index (χ0n) is 11.5. The van der Waals surface area contributed by atoms with Crippen molar-refractivity contribution in [3.8, 4) is 0 Å². The maximum absolute atomic E-state index is 12.6. The number of carbonyl (C=O) groups excluding carboxylic acids is 1. The van der Waals surface area contributed by atoms with Gasteiger partial charge in [-0.3, -0.25) is 14.6 Å². The summed E-state index contributed by atoms with van der Waals surface area (Å²) >= 11 is 0. The topological polar surface area (TPSA) is 79.0 Å². The molecule has 1 atom stereocenters. The van der Waals surface area contributed by atoms with Crippen LogP contribution in [-0.4, -0.2) is 32.3 Å². The Kier molecular flexibility index (Phi) is 3.77. The lowest BCUT2D eigenvalue weighted by Crippen LogP contribution is -2.39. The molecule has 0 aliphatic carbocycles. The van der Waals surface area contributed by atoms with Gasteiger partial charge in [0.15, 0.2) is 0 Å². The number of aromatic amines is 1. The van der Waals surface area contributed by atoms with E-state index in [1.54, 1.807) is 11.1 Å². The van der Waals surface area contributed by atoms with Crippen molar-refractivity contribution in [3.05, 3.63) is 58.5 Å². The highest BCUT2D eigenvalue weighted by Crippen LogP contribution is 2.30. The van der Waals surface area contributed by atoms with Gasteiger partial charge in [-0.25, -0.2) is 4.98 Å². The van der Waals surface area contributed by atoms with Gasteiger partial charge in [0.05, 0.1) is 17.9 Å². The van der Waals surface area contributed by atoms with Gasteiger partial charge in [0.2, 0.25) is 0 Å². The number of hydrogen-bond donors (Lipinski definition) is 1. The molecule has 108 valence electrons. The van der Waals surface area contributed by atoms with Crippen LogP contribution in [0.1, 0.15) is 41.5 Å². The largest absolute Gasteiger partial charge is 0.329 e. The predicted molar refractivity (Wildman–Crippen MR) is 76.7 cm³/mol. The van der Waals surface area contributed by atoms with Crippen LogP contribution in [-0.2, 0) is 0 Å². The third-order valence-electron chi connectivity index (χ3n) is 3.68. The lowest BCUT2D eigenvalue weighted by Gasteiger charge is -2.35. The smallest absolute Gasteiger partial charge is 0.274 e. The first kappa shape index (κ1) is 13.5. The van der Waals surface area contributed by atoms with E-state index in [4.69, 9.17) is 0 Å². The molecule has 0 aromatic carbocycles. The van der Waals surface area contributed by atoms with Gasteiger partial charge in [0, 0.05) is 18.9 Å². The first-order valence-electron chi connectivity index (χ1n) is 7.02. The fraction of sp³-hybridized carbons (Fsp3) is 0.333. The van der Waals surface area contributed by atoms with Crippen molar-refractivity contribution in [3.63, 3.8) is 0 Å². The highest BCUT2D eigenvalue weighted by atomic mass is 16.2. The second kappa shape index (κ2) is 5.87. The third-order valence-corrected chi connectivity index (χ3v) is 3.68. The van der Waals surface area contributed by atoms with Crippen LogP contribution in [0.3, 0.4) is 0 Å². The van der Waals surface area contributed by atoms with E-state index >= 15 is 0 Å². The number of pyridine rings is 1. The van der Waals surface area contributed by atoms with Crippen LogP contribution in [0.2, 0.25) is 0 Å². The number of rotatable bonds is 2. The van der Waals surface area contributed by atoms with E-state index in [0.717, 1.165) is 31.2 Å². The summed E-state index contributed by atoms with van der Waals surface area (Å²) in [7, 11) is 0. The van der Waals surface area contributed by atoms with Gasteiger partial charge in [-0.2, -0.15) is 0 Å². The normalized spacial score (nSPS) is 18.5. The Balaban J connectivity index is 1.89. The molecule has 0 radical (unpaired) electrons. The van der Waals surface area contributed by atoms with Gasteiger partial charge in [-0.15, -0.1) is 0 Å². The fourth-order valence-electron chi connectivity index (χ4n) is 2.66. The van der Waals surface area contributed by atoms with Crippen LogP contribution >= 0.6 is 0 Å². The molecule has 2 aromatic heterocycles. The van der Waals surface area contributed by atoms with Crippen molar-refractivity contribution < 1.29 is 4.79 Å². The Hall–Kier alpha value is -2.50. The van der Waals surface area contributed by atoms with Crippen molar-refractivity contribution >= 4 is 5.91 Å². The molecule has 3 heterocycles. The van der Waals surface area contributed by atoms with E-state index in [2.05, 4.69) is 15.0 Å². The van der Waals surface area contributed by atoms with E-state index in [1.807, 2.05) is 18.2 Å². The SMILES string of the molecule is O=C(c1c[nH]c(=O)cn1)N1CCCCC1c1ccccn1. The minimum absolute atomic E-state index is 0.0267. The zero-order chi connectivity index (χ0) is 14.7. The lowest BCUT2D eigenvalue weighted by atomic mass is 9.98. The molecule has 1 aliphatic heterocycles. The monoisotopic (exact) mass is 284 g/mol. The number of hydrogen-bond acceptors (Lipinski definition) is 4. The van der Waals surface area contributed by atoms with Crippen molar-refractivity contribution in [1.82, 2.24) is 19.9 Å². The molecule has 6 heteroatoms. The highest BCUT2D eigenvalue weighted by Gasteiger charge is 2.30. The van der Waals surface area contributed by atoms with Crippen LogP contribution in [0, 0.1) is 0 Å². The average Bonchev–Trinajstić information content (AvgIpc) is 2.56. The number of carbonyl (C=O) groups is 1.